The molecule has 0 aromatic carbocycles. The Bertz CT molecular complexity index is 433. The van der Waals surface area contributed by atoms with E-state index in [9.17, 15) is 0 Å². The summed E-state index contributed by atoms with van der Waals surface area (Å²) < 4.78 is 1.95. The highest BCUT2D eigenvalue weighted by Gasteiger charge is 2.07. The topological polar surface area (TPSA) is 30.2 Å². The fourth-order valence-electron chi connectivity index (χ4n) is 1.34. The van der Waals surface area contributed by atoms with Crippen molar-refractivity contribution < 1.29 is 0 Å². The molecule has 13 heavy (non-hydrogen) atoms. The van der Waals surface area contributed by atoms with Gasteiger partial charge in [-0.25, -0.2) is 9.97 Å². The minimum absolute atomic E-state index is 0.414. The summed E-state index contributed by atoms with van der Waals surface area (Å²) in [6.07, 6.45) is 3.62. The normalized spacial score (nSPS) is 11.4. The van der Waals surface area contributed by atoms with Gasteiger partial charge < -0.3 is 0 Å². The van der Waals surface area contributed by atoms with Crippen molar-refractivity contribution in [2.75, 3.05) is 0 Å². The molecule has 0 N–H and O–H groups in total. The first kappa shape index (κ1) is 8.51. The van der Waals surface area contributed by atoms with Gasteiger partial charge in [-0.15, -0.1) is 0 Å². The monoisotopic (exact) mass is 195 g/mol. The molecule has 0 saturated carbocycles. The molecule has 3 nitrogen and oxygen atoms in total. The largest absolute Gasteiger partial charge is 0.288 e. The van der Waals surface area contributed by atoms with Gasteiger partial charge in [-0.2, -0.15) is 0 Å². The summed E-state index contributed by atoms with van der Waals surface area (Å²) >= 11 is 5.86. The molecular formula is C9H10ClN3. The molecular weight excluding hydrogens is 186 g/mol. The van der Waals surface area contributed by atoms with Gasteiger partial charge in [0.25, 0.3) is 0 Å². The third kappa shape index (κ3) is 1.40. The van der Waals surface area contributed by atoms with Crippen LogP contribution >= 0.6 is 11.6 Å². The van der Waals surface area contributed by atoms with Crippen LogP contribution in [0.4, 0.5) is 0 Å². The number of halogens is 1. The van der Waals surface area contributed by atoms with Crippen LogP contribution in [0.5, 0.6) is 0 Å². The maximum absolute atomic E-state index is 5.86. The van der Waals surface area contributed by atoms with Crippen molar-refractivity contribution in [1.29, 1.82) is 0 Å². The molecule has 0 aliphatic rings. The maximum atomic E-state index is 5.86. The molecule has 0 unspecified atom stereocenters. The van der Waals surface area contributed by atoms with Gasteiger partial charge >= 0.3 is 0 Å². The van der Waals surface area contributed by atoms with E-state index in [2.05, 4.69) is 23.8 Å². The van der Waals surface area contributed by atoms with Crippen molar-refractivity contribution in [3.05, 3.63) is 29.3 Å². The Hall–Kier alpha value is -1.09. The van der Waals surface area contributed by atoms with Crippen molar-refractivity contribution >= 4 is 17.4 Å². The zero-order valence-corrected chi connectivity index (χ0v) is 8.28. The van der Waals surface area contributed by atoms with Gasteiger partial charge in [0, 0.05) is 18.1 Å². The molecule has 0 amide bonds. The number of imidazole rings is 1. The Morgan fingerprint density at radius 1 is 1.46 bits per heavy atom. The lowest BCUT2D eigenvalue weighted by Gasteiger charge is -2.08. The Labute approximate surface area is 81.4 Å². The van der Waals surface area contributed by atoms with Gasteiger partial charge in [0.1, 0.15) is 5.15 Å². The van der Waals surface area contributed by atoms with Crippen LogP contribution in [0.1, 0.15) is 25.5 Å². The molecule has 0 atom stereocenters. The quantitative estimate of drug-likeness (QED) is 0.655. The summed E-state index contributed by atoms with van der Waals surface area (Å²) in [5.41, 5.74) is 1.13. The van der Waals surface area contributed by atoms with Gasteiger partial charge in [0.2, 0.25) is 5.78 Å². The summed E-state index contributed by atoms with van der Waals surface area (Å²) in [6, 6.07) is 1.88. The number of aromatic nitrogens is 3. The van der Waals surface area contributed by atoms with Gasteiger partial charge in [-0.1, -0.05) is 25.4 Å². The molecule has 0 radical (unpaired) electrons. The minimum atomic E-state index is 0.414. The molecule has 2 aromatic heterocycles. The number of rotatable bonds is 1. The van der Waals surface area contributed by atoms with Crippen molar-refractivity contribution in [3.8, 4) is 0 Å². The van der Waals surface area contributed by atoms with Crippen molar-refractivity contribution in [3.63, 3.8) is 0 Å². The standard InChI is InChI=1S/C9H10ClN3/c1-6(2)7-5-8(10)12-9-11-3-4-13(7)9/h3-6H,1-2H3. The third-order valence-electron chi connectivity index (χ3n) is 1.96. The average molecular weight is 196 g/mol. The van der Waals surface area contributed by atoms with Crippen molar-refractivity contribution in [1.82, 2.24) is 14.4 Å². The van der Waals surface area contributed by atoms with Crippen LogP contribution in [-0.4, -0.2) is 14.4 Å². The summed E-state index contributed by atoms with van der Waals surface area (Å²) in [5, 5.41) is 0.502. The average Bonchev–Trinajstić information content (AvgIpc) is 2.49. The van der Waals surface area contributed by atoms with E-state index in [1.54, 1.807) is 6.20 Å². The van der Waals surface area contributed by atoms with Gasteiger partial charge in [-0.3, -0.25) is 4.40 Å². The molecule has 0 aliphatic heterocycles. The van der Waals surface area contributed by atoms with Crippen LogP contribution in [-0.2, 0) is 0 Å². The number of hydrogen-bond acceptors (Lipinski definition) is 2. The fourth-order valence-corrected chi connectivity index (χ4v) is 1.53. The van der Waals surface area contributed by atoms with E-state index in [1.807, 2.05) is 16.7 Å². The molecule has 0 saturated heterocycles. The SMILES string of the molecule is CC(C)c1cc(Cl)nc2nccn12. The highest BCUT2D eigenvalue weighted by Crippen LogP contribution is 2.18. The van der Waals surface area contributed by atoms with Crippen LogP contribution in [0.15, 0.2) is 18.5 Å². The lowest BCUT2D eigenvalue weighted by atomic mass is 10.1. The van der Waals surface area contributed by atoms with E-state index in [0.717, 1.165) is 5.69 Å². The maximum Gasteiger partial charge on any atom is 0.235 e. The molecule has 68 valence electrons. The Kier molecular flexibility index (Phi) is 1.96. The van der Waals surface area contributed by atoms with Crippen molar-refractivity contribution in [2.24, 2.45) is 0 Å². The first-order valence-corrected chi connectivity index (χ1v) is 4.56. The zero-order valence-electron chi connectivity index (χ0n) is 7.53. The van der Waals surface area contributed by atoms with E-state index in [1.165, 1.54) is 0 Å². The number of nitrogens with zero attached hydrogens (tertiary/aromatic N) is 3. The molecule has 0 bridgehead atoms. The Morgan fingerprint density at radius 2 is 2.23 bits per heavy atom. The summed E-state index contributed by atoms with van der Waals surface area (Å²) in [4.78, 5) is 8.19. The molecule has 2 aromatic rings. The second-order valence-corrected chi connectivity index (χ2v) is 3.64. The van der Waals surface area contributed by atoms with E-state index in [0.29, 0.717) is 16.8 Å². The fraction of sp³-hybridized carbons (Fsp3) is 0.333. The molecule has 0 aliphatic carbocycles. The second-order valence-electron chi connectivity index (χ2n) is 3.26. The first-order valence-electron chi connectivity index (χ1n) is 4.18. The minimum Gasteiger partial charge on any atom is -0.288 e. The molecule has 2 rings (SSSR count). The molecule has 0 spiro atoms. The summed E-state index contributed by atoms with van der Waals surface area (Å²) in [6.45, 7) is 4.23. The third-order valence-corrected chi connectivity index (χ3v) is 2.16. The van der Waals surface area contributed by atoms with Crippen LogP contribution in [0.2, 0.25) is 5.15 Å². The smallest absolute Gasteiger partial charge is 0.235 e. The predicted octanol–water partition coefficient (Wildman–Crippen LogP) is 2.51. The van der Waals surface area contributed by atoms with E-state index in [-0.39, 0.29) is 0 Å². The van der Waals surface area contributed by atoms with Crippen LogP contribution < -0.4 is 0 Å². The number of hydrogen-bond donors (Lipinski definition) is 0. The van der Waals surface area contributed by atoms with Crippen LogP contribution in [0.25, 0.3) is 5.78 Å². The zero-order chi connectivity index (χ0) is 9.42. The molecule has 0 fully saturated rings. The Morgan fingerprint density at radius 3 is 2.92 bits per heavy atom. The van der Waals surface area contributed by atoms with E-state index < -0.39 is 0 Å². The second kappa shape index (κ2) is 3.00. The Balaban J connectivity index is 2.77. The molecule has 2 heterocycles. The van der Waals surface area contributed by atoms with Crippen LogP contribution in [0.3, 0.4) is 0 Å². The van der Waals surface area contributed by atoms with Gasteiger partial charge in [0.15, 0.2) is 0 Å². The number of fused-ring (bicyclic) bond motifs is 1. The van der Waals surface area contributed by atoms with Gasteiger partial charge in [0.05, 0.1) is 0 Å². The van der Waals surface area contributed by atoms with E-state index in [4.69, 9.17) is 11.6 Å². The van der Waals surface area contributed by atoms with E-state index >= 15 is 0 Å². The van der Waals surface area contributed by atoms with Crippen molar-refractivity contribution in [2.45, 2.75) is 19.8 Å². The predicted molar refractivity (Wildman–Crippen MR) is 52.1 cm³/mol. The highest BCUT2D eigenvalue weighted by molar-refractivity contribution is 6.29. The lowest BCUT2D eigenvalue weighted by molar-refractivity contribution is 0.794. The van der Waals surface area contributed by atoms with Gasteiger partial charge in [-0.05, 0) is 12.0 Å². The highest BCUT2D eigenvalue weighted by atomic mass is 35.5. The summed E-state index contributed by atoms with van der Waals surface area (Å²) in [7, 11) is 0. The lowest BCUT2D eigenvalue weighted by Crippen LogP contribution is -2.00. The first-order chi connectivity index (χ1) is 6.18. The van der Waals surface area contributed by atoms with Crippen LogP contribution in [0, 0.1) is 0 Å². The summed E-state index contributed by atoms with van der Waals surface area (Å²) in [5.74, 6) is 1.08. The molecule has 4 heteroatoms.